The molecule has 7 atom stereocenters. The van der Waals surface area contributed by atoms with Gasteiger partial charge in [-0.25, -0.2) is 4.79 Å². The van der Waals surface area contributed by atoms with Crippen molar-refractivity contribution in [1.29, 1.82) is 0 Å². The third kappa shape index (κ3) is 3.45. The van der Waals surface area contributed by atoms with Crippen molar-refractivity contribution in [3.8, 4) is 0 Å². The van der Waals surface area contributed by atoms with Crippen LogP contribution in [0, 0.1) is 11.8 Å². The summed E-state index contributed by atoms with van der Waals surface area (Å²) in [6, 6.07) is 0. The van der Waals surface area contributed by atoms with Gasteiger partial charge in [-0.2, -0.15) is 26.3 Å². The molecule has 0 spiro atoms. The summed E-state index contributed by atoms with van der Waals surface area (Å²) in [5.41, 5.74) is -6.77. The molecule has 4 aliphatic rings. The lowest BCUT2D eigenvalue weighted by atomic mass is 9.68. The first kappa shape index (κ1) is 25.2. The molecule has 3 saturated heterocycles. The van der Waals surface area contributed by atoms with Crippen LogP contribution in [0.25, 0.3) is 0 Å². The van der Waals surface area contributed by atoms with Gasteiger partial charge in [0.05, 0.1) is 11.5 Å². The third-order valence-electron chi connectivity index (χ3n) is 7.42. The number of carbonyl (C=O) groups excluding carboxylic acids is 2. The van der Waals surface area contributed by atoms with Crippen LogP contribution in [0.2, 0.25) is 0 Å². The Morgan fingerprint density at radius 2 is 1.68 bits per heavy atom. The van der Waals surface area contributed by atoms with Gasteiger partial charge < -0.3 is 24.1 Å². The number of aliphatic hydroxyl groups is 1. The van der Waals surface area contributed by atoms with Crippen LogP contribution in [0.4, 0.5) is 26.3 Å². The summed E-state index contributed by atoms with van der Waals surface area (Å²) in [5, 5.41) is 9.84. The lowest BCUT2D eigenvalue weighted by Gasteiger charge is -2.46. The fraction of sp³-hybridized carbons (Fsp3) is 0.810. The highest BCUT2D eigenvalue weighted by Crippen LogP contribution is 2.59. The highest BCUT2D eigenvalue weighted by Gasteiger charge is 2.77. The molecule has 34 heavy (non-hydrogen) atoms. The fourth-order valence-corrected chi connectivity index (χ4v) is 5.87. The average Bonchev–Trinajstić information content (AvgIpc) is 3.43. The highest BCUT2D eigenvalue weighted by atomic mass is 19.4. The number of alkyl halides is 6. The normalized spacial score (nSPS) is 35.4. The summed E-state index contributed by atoms with van der Waals surface area (Å²) < 4.78 is 103. The fourth-order valence-electron chi connectivity index (χ4n) is 5.87. The predicted octanol–water partition coefficient (Wildman–Crippen LogP) is 2.99. The van der Waals surface area contributed by atoms with E-state index in [0.717, 1.165) is 0 Å². The summed E-state index contributed by atoms with van der Waals surface area (Å²) in [7, 11) is 0. The summed E-state index contributed by atoms with van der Waals surface area (Å²) in [6.07, 6.45) is -18.1. The molecular weight excluding hydrogens is 478 g/mol. The molecule has 0 aromatic heterocycles. The molecule has 3 aliphatic heterocycles. The summed E-state index contributed by atoms with van der Waals surface area (Å²) in [5.74, 6) is -3.61. The van der Waals surface area contributed by atoms with Gasteiger partial charge in [0.2, 0.25) is 0 Å². The minimum Gasteiger partial charge on any atom is -0.455 e. The molecule has 0 radical (unpaired) electrons. The van der Waals surface area contributed by atoms with Gasteiger partial charge >= 0.3 is 24.3 Å². The second-order valence-corrected chi connectivity index (χ2v) is 9.46. The molecule has 13 heteroatoms. The van der Waals surface area contributed by atoms with E-state index < -0.39 is 77.8 Å². The third-order valence-corrected chi connectivity index (χ3v) is 7.42. The van der Waals surface area contributed by atoms with Crippen LogP contribution in [0.5, 0.6) is 0 Å². The lowest BCUT2D eigenvalue weighted by molar-refractivity contribution is -0.401. The standard InChI is InChI=1S/C21H24F6O7/c1-8(2)16(28)32-15-13-11(10-12(31-13)14(15)33-17(10)29)18(6-4-5-7-18)34-9(3)19(30,20(22,23)24)21(25,26)27/h9-15,30H,1,4-7H2,2-3H3. The molecule has 0 aromatic carbocycles. The van der Waals surface area contributed by atoms with Crippen molar-refractivity contribution < 1.29 is 60.0 Å². The Morgan fingerprint density at radius 3 is 2.18 bits per heavy atom. The van der Waals surface area contributed by atoms with E-state index in [-0.39, 0.29) is 18.4 Å². The number of ether oxygens (including phenoxy) is 4. The highest BCUT2D eigenvalue weighted by molar-refractivity contribution is 5.87. The maximum absolute atomic E-state index is 13.5. The number of hydrogen-bond acceptors (Lipinski definition) is 7. The lowest BCUT2D eigenvalue weighted by Crippen LogP contribution is -2.66. The van der Waals surface area contributed by atoms with Gasteiger partial charge in [-0.05, 0) is 26.7 Å². The Balaban J connectivity index is 1.70. The van der Waals surface area contributed by atoms with Gasteiger partial charge in [0, 0.05) is 11.5 Å². The number of esters is 2. The van der Waals surface area contributed by atoms with Crippen molar-refractivity contribution in [3.63, 3.8) is 0 Å². The zero-order valence-corrected chi connectivity index (χ0v) is 18.2. The molecule has 1 N–H and O–H groups in total. The van der Waals surface area contributed by atoms with Gasteiger partial charge in [0.15, 0.2) is 12.2 Å². The predicted molar refractivity (Wildman–Crippen MR) is 99.0 cm³/mol. The molecule has 7 nitrogen and oxygen atoms in total. The first-order valence-corrected chi connectivity index (χ1v) is 10.8. The largest absolute Gasteiger partial charge is 0.455 e. The molecule has 4 rings (SSSR count). The second kappa shape index (κ2) is 7.82. The minimum absolute atomic E-state index is 0.0238. The van der Waals surface area contributed by atoms with Gasteiger partial charge in [-0.3, -0.25) is 4.79 Å². The molecule has 192 valence electrons. The van der Waals surface area contributed by atoms with E-state index in [9.17, 15) is 41.0 Å². The molecule has 0 aromatic rings. The SMILES string of the molecule is C=C(C)C(=O)OC1C2OC(=O)C3C2OC1C3C1(OC(C)C(O)(C(F)(F)F)C(F)(F)F)CCCC1. The summed E-state index contributed by atoms with van der Waals surface area (Å²) in [6.45, 7) is 5.36. The molecule has 1 saturated carbocycles. The Kier molecular flexibility index (Phi) is 5.81. The second-order valence-electron chi connectivity index (χ2n) is 9.46. The molecule has 0 amide bonds. The first-order chi connectivity index (χ1) is 15.5. The van der Waals surface area contributed by atoms with Crippen molar-refractivity contribution >= 4 is 11.9 Å². The van der Waals surface area contributed by atoms with Crippen molar-refractivity contribution in [2.24, 2.45) is 11.8 Å². The van der Waals surface area contributed by atoms with Crippen LogP contribution >= 0.6 is 0 Å². The van der Waals surface area contributed by atoms with E-state index in [4.69, 9.17) is 18.9 Å². The quantitative estimate of drug-likeness (QED) is 0.339. The molecule has 2 bridgehead atoms. The molecule has 1 aliphatic carbocycles. The number of halogens is 6. The van der Waals surface area contributed by atoms with E-state index in [1.54, 1.807) is 0 Å². The molecular formula is C21H24F6O7. The van der Waals surface area contributed by atoms with Gasteiger partial charge in [-0.15, -0.1) is 0 Å². The Labute approximate surface area is 190 Å². The molecule has 7 unspecified atom stereocenters. The zero-order chi connectivity index (χ0) is 25.4. The van der Waals surface area contributed by atoms with Gasteiger partial charge in [0.25, 0.3) is 5.60 Å². The monoisotopic (exact) mass is 502 g/mol. The number of fused-ring (bicyclic) bond motifs is 1. The molecule has 3 heterocycles. The summed E-state index contributed by atoms with van der Waals surface area (Å²) in [4.78, 5) is 24.8. The summed E-state index contributed by atoms with van der Waals surface area (Å²) >= 11 is 0. The number of hydrogen-bond donors (Lipinski definition) is 1. The smallest absolute Gasteiger partial charge is 0.428 e. The van der Waals surface area contributed by atoms with E-state index in [0.29, 0.717) is 19.8 Å². The Bertz CT molecular complexity index is 864. The van der Waals surface area contributed by atoms with Crippen LogP contribution in [0.3, 0.4) is 0 Å². The van der Waals surface area contributed by atoms with Crippen molar-refractivity contribution in [2.75, 3.05) is 0 Å². The first-order valence-electron chi connectivity index (χ1n) is 10.8. The van der Waals surface area contributed by atoms with Crippen molar-refractivity contribution in [3.05, 3.63) is 12.2 Å². The zero-order valence-electron chi connectivity index (χ0n) is 18.2. The van der Waals surface area contributed by atoms with Gasteiger partial charge in [0.1, 0.15) is 18.3 Å². The van der Waals surface area contributed by atoms with E-state index >= 15 is 0 Å². The van der Waals surface area contributed by atoms with E-state index in [1.165, 1.54) is 6.92 Å². The van der Waals surface area contributed by atoms with Crippen LogP contribution < -0.4 is 0 Å². The average molecular weight is 502 g/mol. The van der Waals surface area contributed by atoms with E-state index in [2.05, 4.69) is 6.58 Å². The van der Waals surface area contributed by atoms with Crippen LogP contribution in [0.15, 0.2) is 12.2 Å². The molecule has 4 fully saturated rings. The van der Waals surface area contributed by atoms with Crippen LogP contribution in [-0.4, -0.2) is 71.1 Å². The minimum atomic E-state index is -6.08. The number of carbonyl (C=O) groups is 2. The van der Waals surface area contributed by atoms with Crippen molar-refractivity contribution in [2.45, 2.75) is 93.6 Å². The van der Waals surface area contributed by atoms with Crippen LogP contribution in [-0.2, 0) is 28.5 Å². The van der Waals surface area contributed by atoms with Crippen LogP contribution in [0.1, 0.15) is 39.5 Å². The number of rotatable bonds is 6. The Morgan fingerprint density at radius 1 is 1.12 bits per heavy atom. The maximum atomic E-state index is 13.5. The van der Waals surface area contributed by atoms with Gasteiger partial charge in [-0.1, -0.05) is 19.4 Å². The Hall–Kier alpha value is -1.86. The topological polar surface area (TPSA) is 91.3 Å². The van der Waals surface area contributed by atoms with E-state index in [1.807, 2.05) is 0 Å². The van der Waals surface area contributed by atoms with Crippen molar-refractivity contribution in [1.82, 2.24) is 0 Å². The maximum Gasteiger partial charge on any atom is 0.428 e.